The van der Waals surface area contributed by atoms with E-state index in [1.165, 1.54) is 0 Å². The van der Waals surface area contributed by atoms with Gasteiger partial charge in [-0.3, -0.25) is 0 Å². The molecule has 0 atom stereocenters. The van der Waals surface area contributed by atoms with Crippen LogP contribution in [0.4, 0.5) is 0 Å². The lowest BCUT2D eigenvalue weighted by Crippen LogP contribution is -1.89. The molecule has 0 spiro atoms. The Hall–Kier alpha value is -1.95. The van der Waals surface area contributed by atoms with Crippen LogP contribution in [-0.4, -0.2) is 9.67 Å². The maximum atomic E-state index is 9.34. The predicted octanol–water partition coefficient (Wildman–Crippen LogP) is 2.24. The van der Waals surface area contributed by atoms with Crippen molar-refractivity contribution in [2.75, 3.05) is 0 Å². The van der Waals surface area contributed by atoms with Gasteiger partial charge in [-0.15, -0.1) is 0 Å². The van der Waals surface area contributed by atoms with Crippen molar-refractivity contribution in [3.63, 3.8) is 0 Å². The van der Waals surface area contributed by atoms with Crippen LogP contribution >= 0.6 is 0 Å². The zero-order valence-corrected chi connectivity index (χ0v) is 7.86. The fourth-order valence-corrected chi connectivity index (χ4v) is 1.63. The van der Waals surface area contributed by atoms with Gasteiger partial charge < -0.3 is 9.67 Å². The third-order valence-corrected chi connectivity index (χ3v) is 2.33. The van der Waals surface area contributed by atoms with Gasteiger partial charge in [0, 0.05) is 24.2 Å². The fourth-order valence-electron chi connectivity index (χ4n) is 1.63. The molecule has 1 aromatic carbocycles. The highest BCUT2D eigenvalue weighted by Gasteiger charge is 2.06. The minimum Gasteiger partial charge on any atom is -0.508 e. The van der Waals surface area contributed by atoms with Gasteiger partial charge in [-0.1, -0.05) is 0 Å². The summed E-state index contributed by atoms with van der Waals surface area (Å²) in [6.07, 6.45) is 1.81. The van der Waals surface area contributed by atoms with Gasteiger partial charge in [0.15, 0.2) is 0 Å². The molecule has 0 aliphatic rings. The van der Waals surface area contributed by atoms with Gasteiger partial charge >= 0.3 is 0 Å². The fraction of sp³-hybridized carbons (Fsp3) is 0.182. The van der Waals surface area contributed by atoms with E-state index < -0.39 is 0 Å². The van der Waals surface area contributed by atoms with Crippen LogP contribution in [-0.2, 0) is 6.54 Å². The van der Waals surface area contributed by atoms with E-state index >= 15 is 0 Å². The lowest BCUT2D eigenvalue weighted by molar-refractivity contribution is 0.476. The Morgan fingerprint density at radius 2 is 2.29 bits per heavy atom. The van der Waals surface area contributed by atoms with Crippen LogP contribution < -0.4 is 0 Å². The van der Waals surface area contributed by atoms with Crippen molar-refractivity contribution < 1.29 is 5.11 Å². The summed E-state index contributed by atoms with van der Waals surface area (Å²) in [7, 11) is 0. The van der Waals surface area contributed by atoms with Gasteiger partial charge in [-0.05, 0) is 19.1 Å². The summed E-state index contributed by atoms with van der Waals surface area (Å²) < 4.78 is 1.95. The van der Waals surface area contributed by atoms with Crippen molar-refractivity contribution in [2.24, 2.45) is 0 Å². The quantitative estimate of drug-likeness (QED) is 0.742. The van der Waals surface area contributed by atoms with Crippen LogP contribution in [0, 0.1) is 11.3 Å². The Bertz CT molecular complexity index is 520. The number of phenolic OH excluding ortho intramolecular Hbond substituents is 1. The Balaban J connectivity index is 2.84. The maximum Gasteiger partial charge on any atom is 0.117 e. The predicted molar refractivity (Wildman–Crippen MR) is 54.0 cm³/mol. The number of fused-ring (bicyclic) bond motifs is 1. The molecular formula is C11H10N2O. The van der Waals surface area contributed by atoms with Crippen molar-refractivity contribution in [1.82, 2.24) is 4.57 Å². The van der Waals surface area contributed by atoms with E-state index in [9.17, 15) is 5.11 Å². The molecule has 2 aromatic rings. The molecule has 0 fully saturated rings. The molecule has 0 saturated heterocycles. The Kier molecular flexibility index (Phi) is 1.90. The van der Waals surface area contributed by atoms with Gasteiger partial charge in [0.2, 0.25) is 0 Å². The number of nitrogens with zero attached hydrogens (tertiary/aromatic N) is 2. The molecule has 1 heterocycles. The lowest BCUT2D eigenvalue weighted by Gasteiger charge is -1.99. The molecule has 14 heavy (non-hydrogen) atoms. The van der Waals surface area contributed by atoms with Crippen molar-refractivity contribution in [3.05, 3.63) is 30.0 Å². The van der Waals surface area contributed by atoms with Crippen molar-refractivity contribution in [2.45, 2.75) is 13.5 Å². The molecule has 0 saturated carbocycles. The molecule has 1 aromatic heterocycles. The van der Waals surface area contributed by atoms with Crippen LogP contribution in [0.1, 0.15) is 12.5 Å². The molecule has 0 unspecified atom stereocenters. The molecule has 3 heteroatoms. The Morgan fingerprint density at radius 1 is 1.50 bits per heavy atom. The summed E-state index contributed by atoms with van der Waals surface area (Å²) in [5, 5.41) is 19.1. The average Bonchev–Trinajstić information content (AvgIpc) is 2.55. The topological polar surface area (TPSA) is 49.0 Å². The van der Waals surface area contributed by atoms with Gasteiger partial charge in [-0.25, -0.2) is 0 Å². The monoisotopic (exact) mass is 186 g/mol. The number of phenols is 1. The molecule has 0 amide bonds. The molecule has 0 bridgehead atoms. The third kappa shape index (κ3) is 1.12. The second kappa shape index (κ2) is 3.08. The minimum atomic E-state index is 0.231. The number of hydrogen-bond donors (Lipinski definition) is 1. The van der Waals surface area contributed by atoms with Gasteiger partial charge in [0.1, 0.15) is 11.8 Å². The third-order valence-electron chi connectivity index (χ3n) is 2.33. The summed E-state index contributed by atoms with van der Waals surface area (Å²) >= 11 is 0. The van der Waals surface area contributed by atoms with Crippen LogP contribution in [0.15, 0.2) is 24.4 Å². The summed E-state index contributed by atoms with van der Waals surface area (Å²) in [4.78, 5) is 0. The first-order valence-electron chi connectivity index (χ1n) is 4.48. The van der Waals surface area contributed by atoms with E-state index in [2.05, 4.69) is 6.07 Å². The van der Waals surface area contributed by atoms with E-state index in [4.69, 9.17) is 5.26 Å². The van der Waals surface area contributed by atoms with E-state index in [1.54, 1.807) is 18.2 Å². The van der Waals surface area contributed by atoms with E-state index in [0.717, 1.165) is 17.4 Å². The smallest absolute Gasteiger partial charge is 0.117 e. The van der Waals surface area contributed by atoms with Gasteiger partial charge in [0.05, 0.1) is 11.1 Å². The molecule has 3 nitrogen and oxygen atoms in total. The Labute approximate surface area is 81.8 Å². The van der Waals surface area contributed by atoms with Crippen LogP contribution in [0.3, 0.4) is 0 Å². The summed E-state index contributed by atoms with van der Waals surface area (Å²) in [6.45, 7) is 2.80. The van der Waals surface area contributed by atoms with E-state index in [0.29, 0.717) is 5.56 Å². The number of aromatic hydroxyl groups is 1. The van der Waals surface area contributed by atoms with Crippen LogP contribution in [0.25, 0.3) is 10.9 Å². The molecule has 0 aliphatic heterocycles. The van der Waals surface area contributed by atoms with Crippen LogP contribution in [0.5, 0.6) is 5.75 Å². The Morgan fingerprint density at radius 3 is 2.93 bits per heavy atom. The summed E-state index contributed by atoms with van der Waals surface area (Å²) in [6, 6.07) is 7.20. The highest BCUT2D eigenvalue weighted by molar-refractivity contribution is 5.87. The zero-order chi connectivity index (χ0) is 10.1. The second-order valence-electron chi connectivity index (χ2n) is 3.14. The first-order chi connectivity index (χ1) is 6.76. The maximum absolute atomic E-state index is 9.34. The molecule has 2 rings (SSSR count). The van der Waals surface area contributed by atoms with Crippen molar-refractivity contribution in [3.8, 4) is 11.8 Å². The average molecular weight is 186 g/mol. The van der Waals surface area contributed by atoms with Gasteiger partial charge in [-0.2, -0.15) is 5.26 Å². The first kappa shape index (κ1) is 8.64. The second-order valence-corrected chi connectivity index (χ2v) is 3.14. The normalized spacial score (nSPS) is 10.3. The number of rotatable bonds is 1. The number of hydrogen-bond acceptors (Lipinski definition) is 2. The molecular weight excluding hydrogens is 176 g/mol. The minimum absolute atomic E-state index is 0.231. The number of aryl methyl sites for hydroxylation is 1. The molecule has 0 radical (unpaired) electrons. The highest BCUT2D eigenvalue weighted by Crippen LogP contribution is 2.24. The summed E-state index contributed by atoms with van der Waals surface area (Å²) in [5.74, 6) is 0.231. The largest absolute Gasteiger partial charge is 0.508 e. The standard InChI is InChI=1S/C11H10N2O/c1-2-13-7-8(6-12)10-4-3-9(14)5-11(10)13/h3-5,7,14H,2H2,1H3. The SMILES string of the molecule is CCn1cc(C#N)c2ccc(O)cc21. The highest BCUT2D eigenvalue weighted by atomic mass is 16.3. The number of benzene rings is 1. The van der Waals surface area contributed by atoms with E-state index in [1.807, 2.05) is 17.7 Å². The van der Waals surface area contributed by atoms with E-state index in [-0.39, 0.29) is 5.75 Å². The summed E-state index contributed by atoms with van der Waals surface area (Å²) in [5.41, 5.74) is 1.56. The zero-order valence-electron chi connectivity index (χ0n) is 7.86. The molecule has 1 N–H and O–H groups in total. The van der Waals surface area contributed by atoms with Gasteiger partial charge in [0.25, 0.3) is 0 Å². The van der Waals surface area contributed by atoms with Crippen LogP contribution in [0.2, 0.25) is 0 Å². The number of nitriles is 1. The molecule has 70 valence electrons. The van der Waals surface area contributed by atoms with Crippen molar-refractivity contribution >= 4 is 10.9 Å². The molecule has 0 aliphatic carbocycles. The van der Waals surface area contributed by atoms with Crippen molar-refractivity contribution in [1.29, 1.82) is 5.26 Å². The first-order valence-corrected chi connectivity index (χ1v) is 4.48. The number of aromatic nitrogens is 1. The lowest BCUT2D eigenvalue weighted by atomic mass is 10.2.